The van der Waals surface area contributed by atoms with Gasteiger partial charge >= 0.3 is 18.8 Å². The summed E-state index contributed by atoms with van der Waals surface area (Å²) in [5.41, 5.74) is 9.70. The molecule has 252 valence electrons. The lowest BCUT2D eigenvalue weighted by molar-refractivity contribution is -0.239. The third-order valence-electron chi connectivity index (χ3n) is 7.01. The fourth-order valence-corrected chi connectivity index (χ4v) is 4.60. The molecule has 6 N–H and O–H groups in total. The Hall–Kier alpha value is -3.49. The van der Waals surface area contributed by atoms with Crippen LogP contribution in [0.25, 0.3) is 11.3 Å². The number of hydrazine groups is 1. The zero-order valence-electron chi connectivity index (χ0n) is 24.2. The van der Waals surface area contributed by atoms with Gasteiger partial charge in [0.2, 0.25) is 0 Å². The van der Waals surface area contributed by atoms with Crippen LogP contribution in [0, 0.1) is 20.6 Å². The predicted molar refractivity (Wildman–Crippen MR) is 159 cm³/mol. The van der Waals surface area contributed by atoms with Gasteiger partial charge in [-0.3, -0.25) is 10.2 Å². The topological polar surface area (TPSA) is 149 Å². The van der Waals surface area contributed by atoms with Crippen LogP contribution >= 0.6 is 22.6 Å². The van der Waals surface area contributed by atoms with Crippen molar-refractivity contribution in [3.05, 3.63) is 75.0 Å². The number of nitrogens with two attached hydrogens (primary N) is 2. The van der Waals surface area contributed by atoms with Crippen molar-refractivity contribution in [2.45, 2.75) is 57.8 Å². The fourth-order valence-electron chi connectivity index (χ4n) is 4.24. The van der Waals surface area contributed by atoms with E-state index >= 15 is 8.78 Å². The number of aliphatic hydroxyl groups is 1. The van der Waals surface area contributed by atoms with Gasteiger partial charge in [0.15, 0.2) is 6.10 Å². The molecule has 3 atom stereocenters. The molecular formula is C28H30F7IN6O4. The van der Waals surface area contributed by atoms with Crippen LogP contribution in [-0.2, 0) is 22.5 Å². The number of carbonyl (C=O) groups is 2. The van der Waals surface area contributed by atoms with E-state index in [0.29, 0.717) is 24.4 Å². The summed E-state index contributed by atoms with van der Waals surface area (Å²) in [6, 6.07) is 8.70. The maximum atomic E-state index is 15.3. The highest BCUT2D eigenvalue weighted by Crippen LogP contribution is 2.41. The van der Waals surface area contributed by atoms with Crippen LogP contribution in [0.1, 0.15) is 31.5 Å². The highest BCUT2D eigenvalue weighted by molar-refractivity contribution is 14.1. The number of amides is 2. The predicted octanol–water partition coefficient (Wildman–Crippen LogP) is 4.64. The molecule has 18 heteroatoms. The van der Waals surface area contributed by atoms with Crippen molar-refractivity contribution in [3.63, 3.8) is 0 Å². The third kappa shape index (κ3) is 9.29. The fraction of sp³-hybridized carbons (Fsp3) is 0.393. The van der Waals surface area contributed by atoms with Crippen molar-refractivity contribution >= 4 is 34.6 Å². The first-order valence-corrected chi connectivity index (χ1v) is 14.5. The average Bonchev–Trinajstić information content (AvgIpc) is 3.45. The number of benzene rings is 2. The minimum Gasteiger partial charge on any atom is -0.435 e. The molecule has 2 aromatic carbocycles. The number of aromatic nitrogens is 2. The zero-order valence-corrected chi connectivity index (χ0v) is 26.4. The molecule has 0 saturated heterocycles. The van der Waals surface area contributed by atoms with Crippen molar-refractivity contribution in [2.75, 3.05) is 6.54 Å². The molecule has 0 spiro atoms. The smallest absolute Gasteiger partial charge is 0.405 e. The summed E-state index contributed by atoms with van der Waals surface area (Å²) >= 11 is 2.08. The molecule has 0 aliphatic heterocycles. The van der Waals surface area contributed by atoms with Gasteiger partial charge in [-0.2, -0.15) is 27.1 Å². The maximum Gasteiger partial charge on any atom is 0.405 e. The number of hydrogen-bond donors (Lipinski definition) is 4. The Morgan fingerprint density at radius 2 is 1.70 bits per heavy atom. The van der Waals surface area contributed by atoms with Gasteiger partial charge in [0.1, 0.15) is 17.0 Å². The molecule has 1 unspecified atom stereocenters. The Labute approximate surface area is 272 Å². The number of nitrogens with one attached hydrogen (secondary N) is 1. The van der Waals surface area contributed by atoms with Crippen LogP contribution in [0.5, 0.6) is 0 Å². The molecule has 0 radical (unpaired) electrons. The van der Waals surface area contributed by atoms with E-state index in [1.54, 1.807) is 24.3 Å². The second kappa shape index (κ2) is 14.9. The minimum atomic E-state index is -5.09. The summed E-state index contributed by atoms with van der Waals surface area (Å²) < 4.78 is 104. The number of ether oxygens (including phenoxy) is 1. The van der Waals surface area contributed by atoms with E-state index in [0.717, 1.165) is 28.0 Å². The van der Waals surface area contributed by atoms with Gasteiger partial charge in [0.05, 0.1) is 11.8 Å². The van der Waals surface area contributed by atoms with Crippen molar-refractivity contribution < 1.29 is 50.2 Å². The average molecular weight is 774 g/mol. The van der Waals surface area contributed by atoms with E-state index < -0.39 is 78.7 Å². The number of alkyl halides is 5. The number of halogens is 8. The van der Waals surface area contributed by atoms with E-state index in [2.05, 4.69) is 32.4 Å². The summed E-state index contributed by atoms with van der Waals surface area (Å²) in [5.74, 6) is -4.05. The van der Waals surface area contributed by atoms with E-state index in [-0.39, 0.29) is 22.4 Å². The van der Waals surface area contributed by atoms with E-state index in [9.17, 15) is 36.6 Å². The first-order valence-electron chi connectivity index (χ1n) is 13.4. The van der Waals surface area contributed by atoms with E-state index in [4.69, 9.17) is 11.5 Å². The van der Waals surface area contributed by atoms with Crippen LogP contribution in [-0.4, -0.2) is 62.9 Å². The quantitative estimate of drug-likeness (QED) is 0.112. The number of hydrogen-bond acceptors (Lipinski definition) is 7. The lowest BCUT2D eigenvalue weighted by Gasteiger charge is -2.36. The highest BCUT2D eigenvalue weighted by atomic mass is 127. The first kappa shape index (κ1) is 37.0. The summed E-state index contributed by atoms with van der Waals surface area (Å²) in [6.45, 7) is -3.40. The lowest BCUT2D eigenvalue weighted by Crippen LogP contribution is -2.58. The van der Waals surface area contributed by atoms with Gasteiger partial charge < -0.3 is 21.3 Å². The molecule has 46 heavy (non-hydrogen) atoms. The number of rotatable bonds is 13. The maximum absolute atomic E-state index is 15.3. The second-order valence-corrected chi connectivity index (χ2v) is 12.1. The van der Waals surface area contributed by atoms with Gasteiger partial charge in [-0.05, 0) is 78.8 Å². The first-order chi connectivity index (χ1) is 21.3. The van der Waals surface area contributed by atoms with Gasteiger partial charge in [0, 0.05) is 40.0 Å². The van der Waals surface area contributed by atoms with Crippen LogP contribution in [0.4, 0.5) is 35.5 Å². The highest BCUT2D eigenvalue weighted by Gasteiger charge is 2.57. The zero-order chi connectivity index (χ0) is 34.6. The molecule has 10 nitrogen and oxygen atoms in total. The van der Waals surface area contributed by atoms with Crippen LogP contribution in [0.15, 0.2) is 48.7 Å². The van der Waals surface area contributed by atoms with Crippen LogP contribution in [0.3, 0.4) is 0 Å². The summed E-state index contributed by atoms with van der Waals surface area (Å²) in [5, 5.41) is 15.1. The molecule has 0 bridgehead atoms. The summed E-state index contributed by atoms with van der Waals surface area (Å²) in [7, 11) is 0. The summed E-state index contributed by atoms with van der Waals surface area (Å²) in [6.07, 6.45) is -9.87. The lowest BCUT2D eigenvalue weighted by atomic mass is 9.85. The summed E-state index contributed by atoms with van der Waals surface area (Å²) in [4.78, 5) is 24.6. The molecule has 1 aromatic heterocycles. The monoisotopic (exact) mass is 774 g/mol. The number of aliphatic hydroxyl groups excluding tert-OH is 1. The van der Waals surface area contributed by atoms with Gasteiger partial charge in [-0.15, -0.1) is 0 Å². The van der Waals surface area contributed by atoms with E-state index in [1.807, 2.05) is 5.43 Å². The SMILES string of the molecule is CC(C)(C(OC(N)=O)C(=O)NN(Cc1c(F)cc(-c2ccn(C(F)F)n2)cc1F)C[C@H](O)[C@@H](N)Cc1ccc(I)cc1)C(F)(F)F. The Bertz CT molecular complexity index is 1500. The van der Waals surface area contributed by atoms with Gasteiger partial charge in [-0.1, -0.05) is 12.1 Å². The normalized spacial score (nSPS) is 14.3. The third-order valence-corrected chi connectivity index (χ3v) is 7.73. The van der Waals surface area contributed by atoms with Crippen molar-refractivity contribution in [1.29, 1.82) is 0 Å². The second-order valence-electron chi connectivity index (χ2n) is 10.8. The number of primary amides is 1. The standard InChI is InChI=1S/C28H30F7IN6O4/c1-27(2,28(33,34)35)23(46-26(38)45)24(44)40-41(13-22(43)20(37)9-14-3-5-16(36)6-4-14)12-17-18(29)10-15(11-19(17)30)21-7-8-42(39-21)25(31)32/h3-8,10-11,20,22-23,25,43H,9,12-13,37H2,1-2H3,(H2,38,45)(H,40,44)/t20-,22-,23?/m0/s1. The molecule has 1 heterocycles. The largest absolute Gasteiger partial charge is 0.435 e. The molecule has 3 rings (SSSR count). The molecule has 0 saturated carbocycles. The molecule has 3 aromatic rings. The van der Waals surface area contributed by atoms with Crippen molar-refractivity contribution in [3.8, 4) is 11.3 Å². The van der Waals surface area contributed by atoms with Crippen molar-refractivity contribution in [2.24, 2.45) is 16.9 Å². The Kier molecular flexibility index (Phi) is 12.0. The number of nitrogens with zero attached hydrogens (tertiary/aromatic N) is 3. The van der Waals surface area contributed by atoms with E-state index in [1.165, 1.54) is 0 Å². The molecule has 0 fully saturated rings. The van der Waals surface area contributed by atoms with Gasteiger partial charge in [-0.25, -0.2) is 23.3 Å². The van der Waals surface area contributed by atoms with Crippen LogP contribution in [0.2, 0.25) is 0 Å². The van der Waals surface area contributed by atoms with Crippen molar-refractivity contribution in [1.82, 2.24) is 20.2 Å². The number of carbonyl (C=O) groups excluding carboxylic acids is 2. The Morgan fingerprint density at radius 1 is 1.11 bits per heavy atom. The van der Waals surface area contributed by atoms with Crippen LogP contribution < -0.4 is 16.9 Å². The minimum absolute atomic E-state index is 0.108. The molecule has 2 amide bonds. The molecular weight excluding hydrogens is 744 g/mol. The Balaban J connectivity index is 1.94. The van der Waals surface area contributed by atoms with Gasteiger partial charge in [0.25, 0.3) is 5.91 Å². The molecule has 0 aliphatic carbocycles. The molecule has 0 aliphatic rings. The Morgan fingerprint density at radius 3 is 2.20 bits per heavy atom.